The Morgan fingerprint density at radius 1 is 1.33 bits per heavy atom. The molecule has 0 heterocycles. The van der Waals surface area contributed by atoms with Crippen LogP contribution in [0.5, 0.6) is 0 Å². The largest absolute Gasteiger partial charge is 0.299 e. The fraction of sp³-hybridized carbons (Fsp3) is 0.650. The molecule has 0 amide bonds. The molecule has 0 fully saturated rings. The summed E-state index contributed by atoms with van der Waals surface area (Å²) >= 11 is 0. The van der Waals surface area contributed by atoms with Crippen molar-refractivity contribution >= 4 is 5.78 Å². The second-order valence-corrected chi connectivity index (χ2v) is 7.12. The molecule has 1 rings (SSSR count). The lowest BCUT2D eigenvalue weighted by molar-refractivity contribution is -0.121. The number of hydrogen-bond acceptors (Lipinski definition) is 1. The van der Waals surface area contributed by atoms with E-state index < -0.39 is 0 Å². The zero-order valence-corrected chi connectivity index (χ0v) is 14.5. The first kappa shape index (κ1) is 17.9. The smallest absolute Gasteiger partial charge is 0.144 e. The second-order valence-electron chi connectivity index (χ2n) is 7.12. The van der Waals surface area contributed by atoms with Crippen LogP contribution in [-0.4, -0.2) is 5.78 Å². The molecule has 1 aliphatic carbocycles. The molecular formula is C20H32O. The molecule has 0 aromatic rings. The number of rotatable bonds is 2. The standard InChI is InChI=1S/C20H32O/c1-14(2)18-11-10-16(5)8-7-9-17(6)12-20(21)19(13-18)15(3)4/h8,13-14,17,19H,3,7,9-12H2,1-2,4-6H3/b16-8+,18-13-/t17-,19+/m0/s1. The lowest BCUT2D eigenvalue weighted by Gasteiger charge is -2.20. The summed E-state index contributed by atoms with van der Waals surface area (Å²) < 4.78 is 0. The van der Waals surface area contributed by atoms with Gasteiger partial charge in [-0.15, -0.1) is 0 Å². The molecule has 21 heavy (non-hydrogen) atoms. The van der Waals surface area contributed by atoms with Gasteiger partial charge in [-0.2, -0.15) is 0 Å². The average Bonchev–Trinajstić information content (AvgIpc) is 2.36. The van der Waals surface area contributed by atoms with E-state index in [0.717, 1.165) is 31.3 Å². The Morgan fingerprint density at radius 2 is 2.00 bits per heavy atom. The van der Waals surface area contributed by atoms with Crippen molar-refractivity contribution in [3.05, 3.63) is 35.5 Å². The molecule has 0 N–H and O–H groups in total. The number of hydrogen-bond donors (Lipinski definition) is 0. The molecule has 0 radical (unpaired) electrons. The molecule has 0 saturated carbocycles. The van der Waals surface area contributed by atoms with Crippen LogP contribution in [0.2, 0.25) is 0 Å². The van der Waals surface area contributed by atoms with E-state index in [2.05, 4.69) is 46.4 Å². The van der Waals surface area contributed by atoms with Crippen molar-refractivity contribution in [2.45, 2.75) is 66.7 Å². The van der Waals surface area contributed by atoms with Crippen LogP contribution < -0.4 is 0 Å². The summed E-state index contributed by atoms with van der Waals surface area (Å²) in [4.78, 5) is 12.6. The van der Waals surface area contributed by atoms with Gasteiger partial charge in [-0.3, -0.25) is 4.79 Å². The number of ketones is 1. The van der Waals surface area contributed by atoms with Gasteiger partial charge in [0.05, 0.1) is 5.92 Å². The Labute approximate surface area is 131 Å². The average molecular weight is 288 g/mol. The molecule has 118 valence electrons. The summed E-state index contributed by atoms with van der Waals surface area (Å²) in [6.45, 7) is 14.9. The Hall–Kier alpha value is -1.11. The first-order valence-electron chi connectivity index (χ1n) is 8.35. The molecule has 0 spiro atoms. The van der Waals surface area contributed by atoms with Crippen molar-refractivity contribution in [3.63, 3.8) is 0 Å². The molecule has 0 bridgehead atoms. The third kappa shape index (κ3) is 6.03. The van der Waals surface area contributed by atoms with E-state index >= 15 is 0 Å². The molecule has 1 heteroatoms. The Morgan fingerprint density at radius 3 is 2.57 bits per heavy atom. The van der Waals surface area contributed by atoms with Gasteiger partial charge in [0, 0.05) is 6.42 Å². The molecule has 0 unspecified atom stereocenters. The summed E-state index contributed by atoms with van der Waals surface area (Å²) in [7, 11) is 0. The maximum absolute atomic E-state index is 12.6. The van der Waals surface area contributed by atoms with Crippen molar-refractivity contribution in [1.29, 1.82) is 0 Å². The first-order valence-corrected chi connectivity index (χ1v) is 8.35. The van der Waals surface area contributed by atoms with Crippen LogP contribution in [0.3, 0.4) is 0 Å². The van der Waals surface area contributed by atoms with Crippen LogP contribution in [0.25, 0.3) is 0 Å². The van der Waals surface area contributed by atoms with Crippen LogP contribution in [-0.2, 0) is 4.79 Å². The van der Waals surface area contributed by atoms with E-state index in [-0.39, 0.29) is 5.92 Å². The van der Waals surface area contributed by atoms with E-state index in [1.54, 1.807) is 0 Å². The minimum Gasteiger partial charge on any atom is -0.299 e. The molecule has 1 nitrogen and oxygen atoms in total. The van der Waals surface area contributed by atoms with Crippen molar-refractivity contribution in [3.8, 4) is 0 Å². The maximum Gasteiger partial charge on any atom is 0.144 e. The van der Waals surface area contributed by atoms with Crippen LogP contribution in [0.4, 0.5) is 0 Å². The predicted molar refractivity (Wildman–Crippen MR) is 92.2 cm³/mol. The monoisotopic (exact) mass is 288 g/mol. The van der Waals surface area contributed by atoms with Gasteiger partial charge in [0.25, 0.3) is 0 Å². The van der Waals surface area contributed by atoms with Crippen molar-refractivity contribution in [2.75, 3.05) is 0 Å². The highest BCUT2D eigenvalue weighted by molar-refractivity contribution is 5.85. The zero-order valence-electron chi connectivity index (χ0n) is 14.5. The van der Waals surface area contributed by atoms with Gasteiger partial charge in [-0.25, -0.2) is 0 Å². The number of allylic oxidation sites excluding steroid dienone is 5. The highest BCUT2D eigenvalue weighted by Gasteiger charge is 2.21. The number of carbonyl (C=O) groups is 1. The van der Waals surface area contributed by atoms with Crippen LogP contribution in [0.1, 0.15) is 66.7 Å². The van der Waals surface area contributed by atoms with Crippen LogP contribution >= 0.6 is 0 Å². The predicted octanol–water partition coefficient (Wildman–Crippen LogP) is 5.88. The molecule has 0 aromatic heterocycles. The fourth-order valence-electron chi connectivity index (χ4n) is 2.92. The van der Waals surface area contributed by atoms with E-state index in [0.29, 0.717) is 24.0 Å². The van der Waals surface area contributed by atoms with E-state index in [1.807, 2.05) is 6.92 Å². The topological polar surface area (TPSA) is 17.1 Å². The van der Waals surface area contributed by atoms with Gasteiger partial charge in [-0.1, -0.05) is 56.2 Å². The van der Waals surface area contributed by atoms with Crippen molar-refractivity contribution < 1.29 is 4.79 Å². The quantitative estimate of drug-likeness (QED) is 0.580. The van der Waals surface area contributed by atoms with Gasteiger partial charge in [0.2, 0.25) is 0 Å². The highest BCUT2D eigenvalue weighted by Crippen LogP contribution is 2.27. The molecule has 0 aliphatic heterocycles. The number of Topliss-reactive ketones (excluding diaryl/α,β-unsaturated/α-hetero) is 1. The fourth-order valence-corrected chi connectivity index (χ4v) is 2.92. The van der Waals surface area contributed by atoms with Gasteiger partial charge in [0.15, 0.2) is 0 Å². The summed E-state index contributed by atoms with van der Waals surface area (Å²) in [5.41, 5.74) is 3.86. The van der Waals surface area contributed by atoms with Crippen LogP contribution in [0, 0.1) is 17.8 Å². The number of carbonyl (C=O) groups excluding carboxylic acids is 1. The summed E-state index contributed by atoms with van der Waals surface area (Å²) in [6.07, 6.45) is 9.60. The summed E-state index contributed by atoms with van der Waals surface area (Å²) in [6, 6.07) is 0. The Balaban J connectivity index is 3.08. The van der Waals surface area contributed by atoms with E-state index in [4.69, 9.17) is 0 Å². The van der Waals surface area contributed by atoms with E-state index in [9.17, 15) is 4.79 Å². The normalized spacial score (nSPS) is 30.7. The molecule has 0 aromatic carbocycles. The third-order valence-electron chi connectivity index (χ3n) is 4.51. The summed E-state index contributed by atoms with van der Waals surface area (Å²) in [5.74, 6) is 1.20. The highest BCUT2D eigenvalue weighted by atomic mass is 16.1. The SMILES string of the molecule is C=C(C)[C@H]1/C=C(\C(C)C)CC/C(C)=C/CC[C@H](C)CC1=O. The summed E-state index contributed by atoms with van der Waals surface area (Å²) in [5, 5.41) is 0. The van der Waals surface area contributed by atoms with Gasteiger partial charge < -0.3 is 0 Å². The molecular weight excluding hydrogens is 256 g/mol. The van der Waals surface area contributed by atoms with Gasteiger partial charge in [0.1, 0.15) is 5.78 Å². The van der Waals surface area contributed by atoms with Gasteiger partial charge in [-0.05, 0) is 51.4 Å². The lowest BCUT2D eigenvalue weighted by Crippen LogP contribution is -2.18. The maximum atomic E-state index is 12.6. The van der Waals surface area contributed by atoms with Gasteiger partial charge >= 0.3 is 0 Å². The third-order valence-corrected chi connectivity index (χ3v) is 4.51. The first-order chi connectivity index (χ1) is 9.81. The van der Waals surface area contributed by atoms with Crippen molar-refractivity contribution in [1.82, 2.24) is 0 Å². The van der Waals surface area contributed by atoms with E-state index in [1.165, 1.54) is 11.1 Å². The Bertz CT molecular complexity index is 437. The van der Waals surface area contributed by atoms with Crippen LogP contribution in [0.15, 0.2) is 35.5 Å². The zero-order chi connectivity index (χ0) is 16.0. The molecule has 1 aliphatic rings. The molecule has 2 atom stereocenters. The Kier molecular flexibility index (Phi) is 7.14. The minimum atomic E-state index is -0.0893. The second kappa shape index (κ2) is 8.36. The molecule has 0 saturated heterocycles. The lowest BCUT2D eigenvalue weighted by atomic mass is 9.84. The minimum absolute atomic E-state index is 0.0893. The van der Waals surface area contributed by atoms with Crippen molar-refractivity contribution in [2.24, 2.45) is 17.8 Å².